The molecule has 0 saturated carbocycles. The summed E-state index contributed by atoms with van der Waals surface area (Å²) >= 11 is 3.34. The van der Waals surface area contributed by atoms with Crippen molar-refractivity contribution in [1.82, 2.24) is 15.1 Å². The molecular formula is C15H18BrN3O4. The van der Waals surface area contributed by atoms with Crippen molar-refractivity contribution in [1.29, 1.82) is 0 Å². The van der Waals surface area contributed by atoms with Crippen LogP contribution in [0.2, 0.25) is 0 Å². The molecule has 1 aliphatic heterocycles. The van der Waals surface area contributed by atoms with Crippen LogP contribution in [0.5, 0.6) is 0 Å². The van der Waals surface area contributed by atoms with E-state index in [2.05, 4.69) is 21.2 Å². The number of carbonyl (C=O) groups excluding carboxylic acids is 2. The van der Waals surface area contributed by atoms with Crippen LogP contribution in [0.1, 0.15) is 10.4 Å². The number of benzene rings is 1. The van der Waals surface area contributed by atoms with Crippen LogP contribution < -0.4 is 5.32 Å². The van der Waals surface area contributed by atoms with E-state index in [0.717, 1.165) is 4.47 Å². The summed E-state index contributed by atoms with van der Waals surface area (Å²) in [7, 11) is 0. The summed E-state index contributed by atoms with van der Waals surface area (Å²) < 4.78 is 0.922. The lowest BCUT2D eigenvalue weighted by Crippen LogP contribution is -2.51. The van der Waals surface area contributed by atoms with E-state index in [9.17, 15) is 14.4 Å². The van der Waals surface area contributed by atoms with Crippen LogP contribution in [-0.2, 0) is 9.59 Å². The third kappa shape index (κ3) is 5.33. The van der Waals surface area contributed by atoms with Gasteiger partial charge in [-0.1, -0.05) is 15.9 Å². The van der Waals surface area contributed by atoms with Gasteiger partial charge in [0.05, 0.1) is 6.54 Å². The number of amides is 2. The molecule has 1 saturated heterocycles. The maximum absolute atomic E-state index is 12.4. The smallest absolute Gasteiger partial charge is 0.322 e. The molecule has 0 radical (unpaired) electrons. The van der Waals surface area contributed by atoms with Crippen LogP contribution in [0.3, 0.4) is 0 Å². The van der Waals surface area contributed by atoms with Gasteiger partial charge in [-0.2, -0.15) is 0 Å². The second kappa shape index (κ2) is 8.07. The SMILES string of the molecule is O=C(O)CNC(=O)CN1CCN(C(=O)c2ccc(Br)cc2)CC1. The Labute approximate surface area is 142 Å². The Bertz CT molecular complexity index is 583. The van der Waals surface area contributed by atoms with Gasteiger partial charge in [-0.3, -0.25) is 19.3 Å². The van der Waals surface area contributed by atoms with E-state index in [1.165, 1.54) is 0 Å². The van der Waals surface area contributed by atoms with Gasteiger partial charge in [0, 0.05) is 36.2 Å². The molecule has 124 valence electrons. The summed E-state index contributed by atoms with van der Waals surface area (Å²) in [5.74, 6) is -1.41. The summed E-state index contributed by atoms with van der Waals surface area (Å²) in [5, 5.41) is 10.8. The first-order valence-electron chi connectivity index (χ1n) is 7.21. The zero-order valence-corrected chi connectivity index (χ0v) is 14.1. The van der Waals surface area contributed by atoms with Crippen LogP contribution in [0.25, 0.3) is 0 Å². The number of aliphatic carboxylic acids is 1. The number of hydrogen-bond donors (Lipinski definition) is 2. The third-order valence-corrected chi connectivity index (χ3v) is 4.08. The van der Waals surface area contributed by atoms with Crippen LogP contribution in [-0.4, -0.2) is 72.0 Å². The summed E-state index contributed by atoms with van der Waals surface area (Å²) in [6, 6.07) is 7.21. The quantitative estimate of drug-likeness (QED) is 0.768. The van der Waals surface area contributed by atoms with Crippen molar-refractivity contribution in [2.75, 3.05) is 39.3 Å². The zero-order chi connectivity index (χ0) is 16.8. The van der Waals surface area contributed by atoms with E-state index >= 15 is 0 Å². The van der Waals surface area contributed by atoms with Gasteiger partial charge in [-0.05, 0) is 24.3 Å². The standard InChI is InChI=1S/C15H18BrN3O4/c16-12-3-1-11(2-4-12)15(23)19-7-5-18(6-8-19)10-13(20)17-9-14(21)22/h1-4H,5-10H2,(H,17,20)(H,21,22). The van der Waals surface area contributed by atoms with Crippen molar-refractivity contribution in [2.45, 2.75) is 0 Å². The van der Waals surface area contributed by atoms with Gasteiger partial charge < -0.3 is 15.3 Å². The lowest BCUT2D eigenvalue weighted by Gasteiger charge is -2.34. The minimum Gasteiger partial charge on any atom is -0.480 e. The fraction of sp³-hybridized carbons (Fsp3) is 0.400. The van der Waals surface area contributed by atoms with E-state index in [-0.39, 0.29) is 24.9 Å². The Morgan fingerprint density at radius 2 is 1.70 bits per heavy atom. The van der Waals surface area contributed by atoms with Crippen molar-refractivity contribution < 1.29 is 19.5 Å². The monoisotopic (exact) mass is 383 g/mol. The van der Waals surface area contributed by atoms with E-state index in [1.807, 2.05) is 17.0 Å². The van der Waals surface area contributed by atoms with Gasteiger partial charge in [0.25, 0.3) is 5.91 Å². The lowest BCUT2D eigenvalue weighted by molar-refractivity contribution is -0.138. The summed E-state index contributed by atoms with van der Waals surface area (Å²) in [4.78, 5) is 38.0. The van der Waals surface area contributed by atoms with Crippen LogP contribution in [0.4, 0.5) is 0 Å². The average Bonchev–Trinajstić information content (AvgIpc) is 2.54. The summed E-state index contributed by atoms with van der Waals surface area (Å²) in [6.07, 6.45) is 0. The highest BCUT2D eigenvalue weighted by Crippen LogP contribution is 2.13. The molecule has 1 fully saturated rings. The number of carbonyl (C=O) groups is 3. The van der Waals surface area contributed by atoms with Crippen molar-refractivity contribution in [3.05, 3.63) is 34.3 Å². The maximum Gasteiger partial charge on any atom is 0.322 e. The molecule has 1 aromatic rings. The van der Waals surface area contributed by atoms with Crippen LogP contribution >= 0.6 is 15.9 Å². The molecule has 2 amide bonds. The van der Waals surface area contributed by atoms with Crippen molar-refractivity contribution in [2.24, 2.45) is 0 Å². The van der Waals surface area contributed by atoms with Crippen molar-refractivity contribution in [3.63, 3.8) is 0 Å². The van der Waals surface area contributed by atoms with E-state index in [4.69, 9.17) is 5.11 Å². The predicted molar refractivity (Wildman–Crippen MR) is 87.1 cm³/mol. The molecule has 0 aromatic heterocycles. The molecule has 7 nitrogen and oxygen atoms in total. The number of hydrogen-bond acceptors (Lipinski definition) is 4. The van der Waals surface area contributed by atoms with Gasteiger partial charge in [-0.15, -0.1) is 0 Å². The van der Waals surface area contributed by atoms with Gasteiger partial charge >= 0.3 is 5.97 Å². The van der Waals surface area contributed by atoms with E-state index in [1.54, 1.807) is 17.0 Å². The molecule has 1 heterocycles. The van der Waals surface area contributed by atoms with Crippen molar-refractivity contribution in [3.8, 4) is 0 Å². The molecule has 23 heavy (non-hydrogen) atoms. The maximum atomic E-state index is 12.4. The Balaban J connectivity index is 1.79. The molecule has 0 aliphatic carbocycles. The average molecular weight is 384 g/mol. The number of nitrogens with zero attached hydrogens (tertiary/aromatic N) is 2. The molecular weight excluding hydrogens is 366 g/mol. The first-order valence-corrected chi connectivity index (χ1v) is 8.00. The van der Waals surface area contributed by atoms with E-state index in [0.29, 0.717) is 31.7 Å². The second-order valence-corrected chi connectivity index (χ2v) is 6.16. The molecule has 2 rings (SSSR count). The van der Waals surface area contributed by atoms with Crippen LogP contribution in [0, 0.1) is 0 Å². The van der Waals surface area contributed by atoms with Crippen molar-refractivity contribution >= 4 is 33.7 Å². The zero-order valence-electron chi connectivity index (χ0n) is 12.5. The highest BCUT2D eigenvalue weighted by molar-refractivity contribution is 9.10. The minimum absolute atomic E-state index is 0.0209. The number of carboxylic acids is 1. The first-order chi connectivity index (χ1) is 11.0. The lowest BCUT2D eigenvalue weighted by atomic mass is 10.2. The molecule has 0 bridgehead atoms. The Morgan fingerprint density at radius 3 is 2.26 bits per heavy atom. The fourth-order valence-corrected chi connectivity index (χ4v) is 2.58. The Kier molecular flexibility index (Phi) is 6.12. The number of carboxylic acid groups (broad SMARTS) is 1. The van der Waals surface area contributed by atoms with Gasteiger partial charge in [0.1, 0.15) is 6.54 Å². The van der Waals surface area contributed by atoms with Gasteiger partial charge in [0.2, 0.25) is 5.91 Å². The van der Waals surface area contributed by atoms with Gasteiger partial charge in [-0.25, -0.2) is 0 Å². The minimum atomic E-state index is -1.07. The topological polar surface area (TPSA) is 89.9 Å². The first kappa shape index (κ1) is 17.4. The van der Waals surface area contributed by atoms with E-state index < -0.39 is 5.97 Å². The number of halogens is 1. The molecule has 0 atom stereocenters. The number of rotatable bonds is 5. The fourth-order valence-electron chi connectivity index (χ4n) is 2.32. The molecule has 2 N–H and O–H groups in total. The normalized spacial score (nSPS) is 15.3. The molecule has 0 spiro atoms. The molecule has 0 unspecified atom stereocenters. The summed E-state index contributed by atoms with van der Waals surface area (Å²) in [5.41, 5.74) is 0.640. The van der Waals surface area contributed by atoms with Gasteiger partial charge in [0.15, 0.2) is 0 Å². The third-order valence-electron chi connectivity index (χ3n) is 3.55. The Morgan fingerprint density at radius 1 is 1.09 bits per heavy atom. The Hall–Kier alpha value is -1.93. The van der Waals surface area contributed by atoms with Crippen LogP contribution in [0.15, 0.2) is 28.7 Å². The number of nitrogens with one attached hydrogen (secondary N) is 1. The highest BCUT2D eigenvalue weighted by atomic mass is 79.9. The largest absolute Gasteiger partial charge is 0.480 e. The highest BCUT2D eigenvalue weighted by Gasteiger charge is 2.23. The second-order valence-electron chi connectivity index (χ2n) is 5.25. The summed E-state index contributed by atoms with van der Waals surface area (Å²) in [6.45, 7) is 2.03. The molecule has 1 aromatic carbocycles. The predicted octanol–water partition coefficient (Wildman–Crippen LogP) is 0.408. The molecule has 8 heteroatoms. The number of piperazine rings is 1. The molecule has 1 aliphatic rings.